The predicted octanol–water partition coefficient (Wildman–Crippen LogP) is 1.74. The summed E-state index contributed by atoms with van der Waals surface area (Å²) < 4.78 is 0.189. The van der Waals surface area contributed by atoms with E-state index in [1.165, 1.54) is 11.6 Å². The minimum Gasteiger partial charge on any atom is -0.335 e. The summed E-state index contributed by atoms with van der Waals surface area (Å²) in [6, 6.07) is 7.25. The van der Waals surface area contributed by atoms with Crippen molar-refractivity contribution < 1.29 is 4.79 Å². The van der Waals surface area contributed by atoms with Crippen LogP contribution in [0.4, 0.5) is 0 Å². The Hall–Kier alpha value is -2.54. The maximum Gasteiger partial charge on any atom is 0.251 e. The van der Waals surface area contributed by atoms with E-state index in [1.807, 2.05) is 32.0 Å². The van der Waals surface area contributed by atoms with E-state index in [0.717, 1.165) is 11.1 Å². The van der Waals surface area contributed by atoms with Crippen molar-refractivity contribution in [2.75, 3.05) is 0 Å². The third-order valence-electron chi connectivity index (χ3n) is 2.99. The van der Waals surface area contributed by atoms with Crippen LogP contribution in [0.5, 0.6) is 0 Å². The molecule has 0 saturated carbocycles. The van der Waals surface area contributed by atoms with Gasteiger partial charge in [0.25, 0.3) is 5.56 Å². The maximum atomic E-state index is 11.8. The predicted molar refractivity (Wildman–Crippen MR) is 87.6 cm³/mol. The highest BCUT2D eigenvalue weighted by Crippen LogP contribution is 2.07. The number of nitrogens with zero attached hydrogens (tertiary/aromatic N) is 1. The summed E-state index contributed by atoms with van der Waals surface area (Å²) in [4.78, 5) is 28.2. The summed E-state index contributed by atoms with van der Waals surface area (Å²) in [5.74, 6) is -0.336. The van der Waals surface area contributed by atoms with Crippen molar-refractivity contribution in [2.24, 2.45) is 5.10 Å². The zero-order chi connectivity index (χ0) is 16.1. The molecule has 0 aliphatic carbocycles. The van der Waals surface area contributed by atoms with Crippen molar-refractivity contribution in [3.05, 3.63) is 61.8 Å². The molecule has 0 atom stereocenters. The van der Waals surface area contributed by atoms with Gasteiger partial charge in [-0.15, -0.1) is 0 Å². The molecule has 2 aromatic rings. The number of amides is 1. The van der Waals surface area contributed by atoms with Crippen molar-refractivity contribution in [2.45, 2.75) is 20.3 Å². The summed E-state index contributed by atoms with van der Waals surface area (Å²) >= 11 is 4.84. The number of carbonyl (C=O) groups is 1. The average molecular weight is 316 g/mol. The lowest BCUT2D eigenvalue weighted by atomic mass is 10.1. The number of aryl methyl sites for hydroxylation is 2. The van der Waals surface area contributed by atoms with Gasteiger partial charge in [-0.1, -0.05) is 23.8 Å². The lowest BCUT2D eigenvalue weighted by Crippen LogP contribution is -2.21. The molecular formula is C15H16N4O2S. The molecule has 3 N–H and O–H groups in total. The van der Waals surface area contributed by atoms with E-state index >= 15 is 0 Å². The number of nitrogens with one attached hydrogen (secondary N) is 3. The molecule has 6 nitrogen and oxygen atoms in total. The molecule has 0 aliphatic rings. The second kappa shape index (κ2) is 6.95. The smallest absolute Gasteiger partial charge is 0.251 e. The summed E-state index contributed by atoms with van der Waals surface area (Å²) in [5.41, 5.74) is 5.70. The van der Waals surface area contributed by atoms with Gasteiger partial charge in [0.15, 0.2) is 4.77 Å². The van der Waals surface area contributed by atoms with Gasteiger partial charge in [-0.05, 0) is 37.2 Å². The number of benzene rings is 1. The van der Waals surface area contributed by atoms with E-state index in [4.69, 9.17) is 12.2 Å². The SMILES string of the molecule is Cc1ccc(/C=N\NC(=O)Cc2cc(=O)[nH]c(=S)[nH]2)c(C)c1. The van der Waals surface area contributed by atoms with Crippen LogP contribution in [0.1, 0.15) is 22.4 Å². The molecule has 7 heteroatoms. The van der Waals surface area contributed by atoms with Crippen LogP contribution in [0.3, 0.4) is 0 Å². The highest BCUT2D eigenvalue weighted by atomic mass is 32.1. The Balaban J connectivity index is 1.99. The summed E-state index contributed by atoms with van der Waals surface area (Å²) in [6.45, 7) is 3.99. The molecule has 2 rings (SSSR count). The van der Waals surface area contributed by atoms with Crippen LogP contribution >= 0.6 is 12.2 Å². The third kappa shape index (κ3) is 4.49. The Morgan fingerprint density at radius 1 is 1.32 bits per heavy atom. The fraction of sp³-hybridized carbons (Fsp3) is 0.200. The van der Waals surface area contributed by atoms with Crippen LogP contribution in [0.25, 0.3) is 0 Å². The molecule has 0 unspecified atom stereocenters. The Labute approximate surface area is 132 Å². The van der Waals surface area contributed by atoms with Gasteiger partial charge in [0, 0.05) is 11.8 Å². The van der Waals surface area contributed by atoms with Gasteiger partial charge in [-0.2, -0.15) is 5.10 Å². The lowest BCUT2D eigenvalue weighted by Gasteiger charge is -2.02. The van der Waals surface area contributed by atoms with Crippen molar-refractivity contribution in [3.63, 3.8) is 0 Å². The number of aromatic amines is 2. The second-order valence-corrected chi connectivity index (χ2v) is 5.35. The molecule has 1 heterocycles. The van der Waals surface area contributed by atoms with E-state index in [1.54, 1.807) is 6.21 Å². The lowest BCUT2D eigenvalue weighted by molar-refractivity contribution is -0.120. The van der Waals surface area contributed by atoms with Crippen LogP contribution < -0.4 is 11.0 Å². The monoisotopic (exact) mass is 316 g/mol. The normalized spacial score (nSPS) is 10.8. The Morgan fingerprint density at radius 3 is 2.77 bits per heavy atom. The van der Waals surface area contributed by atoms with Crippen LogP contribution in [-0.2, 0) is 11.2 Å². The number of hydrogen-bond acceptors (Lipinski definition) is 4. The molecule has 0 fully saturated rings. The highest BCUT2D eigenvalue weighted by molar-refractivity contribution is 7.71. The molecule has 0 radical (unpaired) electrons. The summed E-state index contributed by atoms with van der Waals surface area (Å²) in [7, 11) is 0. The van der Waals surface area contributed by atoms with Gasteiger partial charge in [-0.25, -0.2) is 5.43 Å². The first-order valence-electron chi connectivity index (χ1n) is 6.66. The standard InChI is InChI=1S/C15H16N4O2S/c1-9-3-4-11(10(2)5-9)8-16-19-14(21)7-12-6-13(20)18-15(22)17-12/h3-6,8H,7H2,1-2H3,(H,19,21)(H2,17,18,20,22)/b16-8-. The van der Waals surface area contributed by atoms with Crippen molar-refractivity contribution in [3.8, 4) is 0 Å². The Kier molecular flexibility index (Phi) is 5.00. The second-order valence-electron chi connectivity index (χ2n) is 4.94. The number of rotatable bonds is 4. The van der Waals surface area contributed by atoms with Gasteiger partial charge in [0.05, 0.1) is 12.6 Å². The molecule has 22 heavy (non-hydrogen) atoms. The molecule has 1 amide bonds. The van der Waals surface area contributed by atoms with Crippen LogP contribution in [0, 0.1) is 18.6 Å². The van der Waals surface area contributed by atoms with Crippen LogP contribution in [0.2, 0.25) is 0 Å². The largest absolute Gasteiger partial charge is 0.335 e. The fourth-order valence-electron chi connectivity index (χ4n) is 1.97. The molecular weight excluding hydrogens is 300 g/mol. The Bertz CT molecular complexity index is 808. The number of carbonyl (C=O) groups excluding carboxylic acids is 1. The highest BCUT2D eigenvalue weighted by Gasteiger charge is 2.03. The van der Waals surface area contributed by atoms with E-state index in [-0.39, 0.29) is 22.7 Å². The first-order chi connectivity index (χ1) is 10.4. The van der Waals surface area contributed by atoms with E-state index < -0.39 is 0 Å². The van der Waals surface area contributed by atoms with Crippen molar-refractivity contribution in [1.29, 1.82) is 0 Å². The van der Waals surface area contributed by atoms with Gasteiger partial charge in [0.1, 0.15) is 0 Å². The molecule has 1 aromatic carbocycles. The average Bonchev–Trinajstić information content (AvgIpc) is 2.40. The summed E-state index contributed by atoms with van der Waals surface area (Å²) in [5, 5.41) is 3.92. The van der Waals surface area contributed by atoms with Crippen molar-refractivity contribution in [1.82, 2.24) is 15.4 Å². The zero-order valence-corrected chi connectivity index (χ0v) is 13.1. The first kappa shape index (κ1) is 15.8. The van der Waals surface area contributed by atoms with Crippen LogP contribution in [0.15, 0.2) is 34.2 Å². The number of hydrazone groups is 1. The number of H-pyrrole nitrogens is 2. The molecule has 0 saturated heterocycles. The molecule has 1 aromatic heterocycles. The first-order valence-corrected chi connectivity index (χ1v) is 7.06. The van der Waals surface area contributed by atoms with Gasteiger partial charge in [-0.3, -0.25) is 14.6 Å². The van der Waals surface area contributed by atoms with Gasteiger partial charge < -0.3 is 4.98 Å². The van der Waals surface area contributed by atoms with E-state index in [9.17, 15) is 9.59 Å². The summed E-state index contributed by atoms with van der Waals surface area (Å²) in [6.07, 6.45) is 1.59. The maximum absolute atomic E-state index is 11.8. The number of hydrogen-bond donors (Lipinski definition) is 3. The minimum atomic E-state index is -0.342. The zero-order valence-electron chi connectivity index (χ0n) is 12.3. The van der Waals surface area contributed by atoms with E-state index in [2.05, 4.69) is 20.5 Å². The van der Waals surface area contributed by atoms with Crippen molar-refractivity contribution >= 4 is 24.3 Å². The molecule has 0 aliphatic heterocycles. The number of aromatic nitrogens is 2. The van der Waals surface area contributed by atoms with Gasteiger partial charge in [0.2, 0.25) is 5.91 Å². The minimum absolute atomic E-state index is 0.00220. The van der Waals surface area contributed by atoms with Crippen LogP contribution in [-0.4, -0.2) is 22.1 Å². The molecule has 114 valence electrons. The molecule has 0 spiro atoms. The fourth-order valence-corrected chi connectivity index (χ4v) is 2.20. The van der Waals surface area contributed by atoms with Gasteiger partial charge >= 0.3 is 0 Å². The topological polar surface area (TPSA) is 90.1 Å². The molecule has 0 bridgehead atoms. The van der Waals surface area contributed by atoms with E-state index in [0.29, 0.717) is 5.69 Å². The third-order valence-corrected chi connectivity index (χ3v) is 3.19. The quantitative estimate of drug-likeness (QED) is 0.456. The Morgan fingerprint density at radius 2 is 2.09 bits per heavy atom.